The first-order chi connectivity index (χ1) is 18.9. The Morgan fingerprint density at radius 3 is 2.49 bits per heavy atom. The highest BCUT2D eigenvalue weighted by Crippen LogP contribution is 2.30. The molecule has 202 valence electrons. The van der Waals surface area contributed by atoms with Gasteiger partial charge in [0.1, 0.15) is 10.6 Å². The Morgan fingerprint density at radius 2 is 1.72 bits per heavy atom. The Bertz CT molecular complexity index is 1550. The largest absolute Gasteiger partial charge is 0.495 e. The second-order valence-electron chi connectivity index (χ2n) is 9.57. The van der Waals surface area contributed by atoms with Gasteiger partial charge in [0, 0.05) is 43.3 Å². The lowest BCUT2D eigenvalue weighted by Gasteiger charge is -2.34. The summed E-state index contributed by atoms with van der Waals surface area (Å²) in [6.45, 7) is 3.96. The summed E-state index contributed by atoms with van der Waals surface area (Å²) in [6.07, 6.45) is 3.70. The van der Waals surface area contributed by atoms with Gasteiger partial charge >= 0.3 is 0 Å². The van der Waals surface area contributed by atoms with E-state index < -0.39 is 10.0 Å². The van der Waals surface area contributed by atoms with Gasteiger partial charge in [-0.25, -0.2) is 8.42 Å². The molecule has 1 N–H and O–H groups in total. The van der Waals surface area contributed by atoms with Crippen molar-refractivity contribution in [2.24, 2.45) is 0 Å². The normalized spacial score (nSPS) is 14.3. The van der Waals surface area contributed by atoms with Crippen molar-refractivity contribution in [1.29, 1.82) is 0 Å². The zero-order valence-corrected chi connectivity index (χ0v) is 22.7. The highest BCUT2D eigenvalue weighted by Gasteiger charge is 2.24. The van der Waals surface area contributed by atoms with Gasteiger partial charge in [0.05, 0.1) is 18.3 Å². The molecule has 5 rings (SSSR count). The topological polar surface area (TPSA) is 91.8 Å². The van der Waals surface area contributed by atoms with Gasteiger partial charge < -0.3 is 9.64 Å². The maximum Gasteiger partial charge on any atom is 0.264 e. The molecule has 1 aliphatic rings. The molecule has 8 nitrogen and oxygen atoms in total. The molecule has 1 aromatic heterocycles. The first-order valence-corrected chi connectivity index (χ1v) is 14.5. The number of aryl methyl sites for hydroxylation is 1. The zero-order valence-electron chi connectivity index (χ0n) is 21.9. The van der Waals surface area contributed by atoms with Crippen LogP contribution >= 0.6 is 0 Å². The fraction of sp³-hybridized carbons (Fsp3) is 0.267. The highest BCUT2D eigenvalue weighted by molar-refractivity contribution is 7.93. The molecule has 1 aliphatic heterocycles. The second kappa shape index (κ2) is 11.8. The number of amides is 1. The minimum Gasteiger partial charge on any atom is -0.495 e. The zero-order chi connectivity index (χ0) is 27.2. The van der Waals surface area contributed by atoms with E-state index in [4.69, 9.17) is 4.74 Å². The van der Waals surface area contributed by atoms with E-state index in [1.165, 1.54) is 18.7 Å². The molecular formula is C30H32N4O4S. The van der Waals surface area contributed by atoms with Crippen LogP contribution in [0.5, 0.6) is 5.75 Å². The van der Waals surface area contributed by atoms with Crippen LogP contribution in [0.1, 0.15) is 22.3 Å². The smallest absolute Gasteiger partial charge is 0.264 e. The number of fused-ring (bicyclic) bond motifs is 1. The lowest BCUT2D eigenvalue weighted by atomic mass is 10.1. The Hall–Kier alpha value is -3.95. The summed E-state index contributed by atoms with van der Waals surface area (Å²) in [5.74, 6) is 0.182. The lowest BCUT2D eigenvalue weighted by Crippen LogP contribution is -2.48. The number of piperazine rings is 1. The number of benzene rings is 3. The third kappa shape index (κ3) is 6.21. The Morgan fingerprint density at radius 1 is 0.949 bits per heavy atom. The van der Waals surface area contributed by atoms with Gasteiger partial charge in [0.25, 0.3) is 15.9 Å². The van der Waals surface area contributed by atoms with Gasteiger partial charge in [-0.2, -0.15) is 0 Å². The molecule has 1 saturated heterocycles. The summed E-state index contributed by atoms with van der Waals surface area (Å²) < 4.78 is 34.6. The number of pyridine rings is 1. The van der Waals surface area contributed by atoms with Gasteiger partial charge in [-0.1, -0.05) is 48.5 Å². The van der Waals surface area contributed by atoms with Gasteiger partial charge in [-0.3, -0.25) is 19.4 Å². The molecule has 0 saturated carbocycles. The van der Waals surface area contributed by atoms with E-state index in [0.29, 0.717) is 24.2 Å². The molecule has 0 radical (unpaired) electrons. The van der Waals surface area contributed by atoms with Crippen LogP contribution in [0.15, 0.2) is 90.0 Å². The fourth-order valence-corrected chi connectivity index (χ4v) is 6.16. The van der Waals surface area contributed by atoms with E-state index in [1.807, 2.05) is 23.1 Å². The van der Waals surface area contributed by atoms with E-state index in [-0.39, 0.29) is 22.2 Å². The maximum atomic E-state index is 13.2. The molecule has 39 heavy (non-hydrogen) atoms. The van der Waals surface area contributed by atoms with Crippen molar-refractivity contribution in [2.75, 3.05) is 44.6 Å². The van der Waals surface area contributed by atoms with Crippen molar-refractivity contribution in [3.05, 3.63) is 96.2 Å². The summed E-state index contributed by atoms with van der Waals surface area (Å²) in [7, 11) is -2.50. The molecule has 3 aromatic carbocycles. The quantitative estimate of drug-likeness (QED) is 0.335. The van der Waals surface area contributed by atoms with Gasteiger partial charge in [-0.05, 0) is 55.3 Å². The SMILES string of the molecule is COc1cc(C(=O)N2CCN(CCCc3ccccc3)CC2)ccc1NS(=O)(=O)c1cccc2cccnc12. The minimum atomic E-state index is -3.95. The predicted molar refractivity (Wildman–Crippen MR) is 153 cm³/mol. The monoisotopic (exact) mass is 544 g/mol. The van der Waals surface area contributed by atoms with Crippen LogP contribution in [-0.4, -0.2) is 68.9 Å². The second-order valence-corrected chi connectivity index (χ2v) is 11.2. The number of para-hydroxylation sites is 1. The Labute approximate surface area is 229 Å². The van der Waals surface area contributed by atoms with Crippen LogP contribution in [0.4, 0.5) is 5.69 Å². The number of nitrogens with one attached hydrogen (secondary N) is 1. The van der Waals surface area contributed by atoms with Crippen molar-refractivity contribution < 1.29 is 17.9 Å². The average molecular weight is 545 g/mol. The van der Waals surface area contributed by atoms with Crippen LogP contribution in [0.3, 0.4) is 0 Å². The van der Waals surface area contributed by atoms with Crippen LogP contribution in [0, 0.1) is 0 Å². The molecule has 9 heteroatoms. The number of anilines is 1. The maximum absolute atomic E-state index is 13.2. The minimum absolute atomic E-state index is 0.0736. The Kier molecular flexibility index (Phi) is 8.09. The number of carbonyl (C=O) groups is 1. The van der Waals surface area contributed by atoms with Gasteiger partial charge in [0.15, 0.2) is 0 Å². The molecule has 0 aliphatic carbocycles. The molecule has 0 bridgehead atoms. The molecular weight excluding hydrogens is 512 g/mol. The number of sulfonamides is 1. The van der Waals surface area contributed by atoms with Gasteiger partial charge in [0.2, 0.25) is 0 Å². The van der Waals surface area contributed by atoms with Crippen LogP contribution in [0.25, 0.3) is 10.9 Å². The number of aromatic nitrogens is 1. The number of carbonyl (C=O) groups excluding carboxylic acids is 1. The van der Waals surface area contributed by atoms with Crippen molar-refractivity contribution in [3.8, 4) is 5.75 Å². The van der Waals surface area contributed by atoms with Crippen LogP contribution in [0.2, 0.25) is 0 Å². The van der Waals surface area contributed by atoms with Crippen LogP contribution in [-0.2, 0) is 16.4 Å². The van der Waals surface area contributed by atoms with E-state index >= 15 is 0 Å². The summed E-state index contributed by atoms with van der Waals surface area (Å²) in [6, 6.07) is 23.9. The number of hydrogen-bond donors (Lipinski definition) is 1. The summed E-state index contributed by atoms with van der Waals surface area (Å²) in [5.41, 5.74) is 2.45. The van der Waals surface area contributed by atoms with Crippen LogP contribution < -0.4 is 9.46 Å². The third-order valence-electron chi connectivity index (χ3n) is 7.02. The molecule has 4 aromatic rings. The van der Waals surface area contributed by atoms with E-state index in [9.17, 15) is 13.2 Å². The standard InChI is InChI=1S/C30H32N4O4S/c1-38-27-22-25(30(35)34-20-18-33(19-21-34)17-7-10-23-8-3-2-4-9-23)14-15-26(27)32-39(36,37)28-13-5-11-24-12-6-16-31-29(24)28/h2-6,8-9,11-16,22,32H,7,10,17-21H2,1H3. The van der Waals surface area contributed by atoms with Crippen molar-refractivity contribution >= 4 is 32.5 Å². The van der Waals surface area contributed by atoms with Gasteiger partial charge in [-0.15, -0.1) is 0 Å². The summed E-state index contributed by atoms with van der Waals surface area (Å²) in [5, 5.41) is 0.726. The number of nitrogens with zero attached hydrogens (tertiary/aromatic N) is 3. The molecule has 0 unspecified atom stereocenters. The van der Waals surface area contributed by atoms with Crippen molar-refractivity contribution in [2.45, 2.75) is 17.7 Å². The molecule has 1 fully saturated rings. The first kappa shape index (κ1) is 26.6. The molecule has 0 spiro atoms. The molecule has 0 atom stereocenters. The summed E-state index contributed by atoms with van der Waals surface area (Å²) in [4.78, 5) is 21.8. The van der Waals surface area contributed by atoms with E-state index in [2.05, 4.69) is 38.9 Å². The number of rotatable bonds is 9. The summed E-state index contributed by atoms with van der Waals surface area (Å²) >= 11 is 0. The number of methoxy groups -OCH3 is 1. The molecule has 2 heterocycles. The Balaban J connectivity index is 1.22. The average Bonchev–Trinajstić information content (AvgIpc) is 2.97. The van der Waals surface area contributed by atoms with Crippen molar-refractivity contribution in [3.63, 3.8) is 0 Å². The number of hydrogen-bond acceptors (Lipinski definition) is 6. The predicted octanol–water partition coefficient (Wildman–Crippen LogP) is 4.43. The number of ether oxygens (including phenoxy) is 1. The van der Waals surface area contributed by atoms with Crippen molar-refractivity contribution in [1.82, 2.24) is 14.8 Å². The first-order valence-electron chi connectivity index (χ1n) is 13.0. The highest BCUT2D eigenvalue weighted by atomic mass is 32.2. The van der Waals surface area contributed by atoms with E-state index in [1.54, 1.807) is 36.5 Å². The third-order valence-corrected chi connectivity index (χ3v) is 8.42. The fourth-order valence-electron chi connectivity index (χ4n) is 4.91. The van der Waals surface area contributed by atoms with E-state index in [0.717, 1.165) is 37.9 Å². The lowest BCUT2D eigenvalue weighted by molar-refractivity contribution is 0.0636. The molecule has 1 amide bonds.